The molecule has 2 aromatic rings. The maximum atomic E-state index is 13.7. The highest BCUT2D eigenvalue weighted by atomic mass is 16.5. The fourth-order valence-electron chi connectivity index (χ4n) is 4.66. The lowest BCUT2D eigenvalue weighted by Gasteiger charge is -2.33. The Morgan fingerprint density at radius 3 is 2.38 bits per heavy atom. The van der Waals surface area contributed by atoms with Crippen LogP contribution in [0.1, 0.15) is 62.9 Å². The Hall–Kier alpha value is -3.95. The standard InChI is InChI=1S/C30H41N5O5/c1-19(2)14-22-18-40-26-9-7-6-8-23(26)28(37)34-24(29(38)32-17-21-10-12-31-13-11-21)16-27(36)33-25(15-20(3)4)30(39)35(22)5/h6-13,19-20,22,24-25H,14-18H2,1-5H3,(H,32,38)(H,33,36)(H,34,37)/t22-,24-,25+/m0/s1. The lowest BCUT2D eigenvalue weighted by molar-refractivity contribution is -0.138. The van der Waals surface area contributed by atoms with Gasteiger partial charge in [0.05, 0.1) is 18.0 Å². The molecule has 0 fully saturated rings. The number of hydrogen-bond acceptors (Lipinski definition) is 6. The Kier molecular flexibility index (Phi) is 11.0. The van der Waals surface area contributed by atoms with E-state index in [1.54, 1.807) is 60.7 Å². The van der Waals surface area contributed by atoms with Crippen molar-refractivity contribution >= 4 is 23.6 Å². The van der Waals surface area contributed by atoms with Gasteiger partial charge >= 0.3 is 0 Å². The van der Waals surface area contributed by atoms with Gasteiger partial charge in [0.15, 0.2) is 0 Å². The number of aromatic nitrogens is 1. The number of nitrogens with one attached hydrogen (secondary N) is 3. The van der Waals surface area contributed by atoms with E-state index in [-0.39, 0.29) is 48.9 Å². The van der Waals surface area contributed by atoms with Crippen LogP contribution in [0.2, 0.25) is 0 Å². The van der Waals surface area contributed by atoms with Crippen LogP contribution in [0.3, 0.4) is 0 Å². The maximum absolute atomic E-state index is 13.7. The van der Waals surface area contributed by atoms with Crippen molar-refractivity contribution in [2.75, 3.05) is 13.7 Å². The number of amides is 4. The molecule has 10 nitrogen and oxygen atoms in total. The van der Waals surface area contributed by atoms with Gasteiger partial charge in [0.25, 0.3) is 5.91 Å². The molecule has 3 N–H and O–H groups in total. The monoisotopic (exact) mass is 551 g/mol. The fraction of sp³-hybridized carbons (Fsp3) is 0.500. The molecule has 1 aliphatic rings. The fourth-order valence-corrected chi connectivity index (χ4v) is 4.66. The van der Waals surface area contributed by atoms with Crippen LogP contribution in [-0.4, -0.2) is 65.3 Å². The number of likely N-dealkylation sites (N-methyl/N-ethyl adjacent to an activating group) is 1. The van der Waals surface area contributed by atoms with Crippen LogP contribution >= 0.6 is 0 Å². The second-order valence-electron chi connectivity index (χ2n) is 11.1. The van der Waals surface area contributed by atoms with Crippen molar-refractivity contribution in [2.24, 2.45) is 11.8 Å². The number of ether oxygens (including phenoxy) is 1. The first-order chi connectivity index (χ1) is 19.0. The first-order valence-electron chi connectivity index (χ1n) is 13.8. The molecule has 0 aliphatic carbocycles. The van der Waals surface area contributed by atoms with Crippen molar-refractivity contribution in [2.45, 2.75) is 71.6 Å². The Morgan fingerprint density at radius 1 is 1.02 bits per heavy atom. The van der Waals surface area contributed by atoms with Crippen LogP contribution in [-0.2, 0) is 20.9 Å². The van der Waals surface area contributed by atoms with Crippen molar-refractivity contribution in [3.8, 4) is 5.75 Å². The van der Waals surface area contributed by atoms with E-state index >= 15 is 0 Å². The average Bonchev–Trinajstić information content (AvgIpc) is 2.92. The zero-order chi connectivity index (χ0) is 29.2. The van der Waals surface area contributed by atoms with Crippen molar-refractivity contribution in [1.82, 2.24) is 25.8 Å². The van der Waals surface area contributed by atoms with Gasteiger partial charge < -0.3 is 25.6 Å². The second-order valence-corrected chi connectivity index (χ2v) is 11.1. The second kappa shape index (κ2) is 14.4. The third-order valence-electron chi connectivity index (χ3n) is 6.77. The first-order valence-corrected chi connectivity index (χ1v) is 13.8. The Bertz CT molecular complexity index is 1170. The summed E-state index contributed by atoms with van der Waals surface area (Å²) in [5.74, 6) is -1.02. The Balaban J connectivity index is 1.94. The molecule has 3 rings (SSSR count). The van der Waals surface area contributed by atoms with Crippen LogP contribution < -0.4 is 20.7 Å². The molecule has 0 spiro atoms. The lowest BCUT2D eigenvalue weighted by Crippen LogP contribution is -2.54. The van der Waals surface area contributed by atoms with Gasteiger partial charge in [-0.15, -0.1) is 0 Å². The van der Waals surface area contributed by atoms with E-state index in [0.717, 1.165) is 5.56 Å². The molecule has 1 aromatic carbocycles. The Labute approximate surface area is 236 Å². The largest absolute Gasteiger partial charge is 0.491 e. The minimum Gasteiger partial charge on any atom is -0.491 e. The maximum Gasteiger partial charge on any atom is 0.255 e. The van der Waals surface area contributed by atoms with Crippen LogP contribution in [0.4, 0.5) is 0 Å². The predicted octanol–water partition coefficient (Wildman–Crippen LogP) is 2.68. The molecule has 40 heavy (non-hydrogen) atoms. The van der Waals surface area contributed by atoms with Gasteiger partial charge in [0, 0.05) is 26.0 Å². The van der Waals surface area contributed by atoms with Gasteiger partial charge in [-0.3, -0.25) is 24.2 Å². The van der Waals surface area contributed by atoms with Crippen LogP contribution in [0.5, 0.6) is 5.75 Å². The molecule has 1 aromatic heterocycles. The summed E-state index contributed by atoms with van der Waals surface area (Å²) in [4.78, 5) is 59.1. The SMILES string of the molecule is CC(C)C[C@H]1COc2ccccc2C(=O)N[C@H](C(=O)NCc2ccncc2)CC(=O)N[C@H](CC(C)C)C(=O)N1C. The number of hydrogen-bond donors (Lipinski definition) is 3. The van der Waals surface area contributed by atoms with Crippen molar-refractivity contribution in [1.29, 1.82) is 0 Å². The molecule has 0 saturated heterocycles. The summed E-state index contributed by atoms with van der Waals surface area (Å²) in [5.41, 5.74) is 1.06. The molecule has 0 saturated carbocycles. The van der Waals surface area contributed by atoms with Gasteiger partial charge in [-0.25, -0.2) is 0 Å². The first kappa shape index (κ1) is 30.6. The smallest absolute Gasteiger partial charge is 0.255 e. The summed E-state index contributed by atoms with van der Waals surface area (Å²) in [6, 6.07) is 8.04. The predicted molar refractivity (Wildman–Crippen MR) is 151 cm³/mol. The number of rotatable bonds is 7. The lowest BCUT2D eigenvalue weighted by atomic mass is 9.99. The molecular formula is C30H41N5O5. The van der Waals surface area contributed by atoms with Gasteiger partial charge in [-0.05, 0) is 54.5 Å². The summed E-state index contributed by atoms with van der Waals surface area (Å²) >= 11 is 0. The number of benzene rings is 1. The molecule has 1 aliphatic heterocycles. The van der Waals surface area contributed by atoms with Crippen molar-refractivity contribution in [3.63, 3.8) is 0 Å². The number of pyridine rings is 1. The van der Waals surface area contributed by atoms with Gasteiger partial charge in [0.2, 0.25) is 17.7 Å². The molecule has 216 valence electrons. The molecule has 10 heteroatoms. The molecular weight excluding hydrogens is 510 g/mol. The third kappa shape index (κ3) is 8.79. The van der Waals surface area contributed by atoms with E-state index in [2.05, 4.69) is 34.8 Å². The van der Waals surface area contributed by atoms with E-state index in [9.17, 15) is 19.2 Å². The van der Waals surface area contributed by atoms with E-state index in [1.807, 2.05) is 13.8 Å². The van der Waals surface area contributed by atoms with Crippen molar-refractivity contribution in [3.05, 3.63) is 59.9 Å². The van der Waals surface area contributed by atoms with Gasteiger partial charge in [0.1, 0.15) is 24.4 Å². The highest BCUT2D eigenvalue weighted by Crippen LogP contribution is 2.22. The quantitative estimate of drug-likeness (QED) is 0.485. The zero-order valence-electron chi connectivity index (χ0n) is 24.0. The number of nitrogens with zero attached hydrogens (tertiary/aromatic N) is 2. The molecule has 0 bridgehead atoms. The molecule has 0 unspecified atom stereocenters. The van der Waals surface area contributed by atoms with Crippen molar-refractivity contribution < 1.29 is 23.9 Å². The van der Waals surface area contributed by atoms with Crippen LogP contribution in [0, 0.1) is 11.8 Å². The van der Waals surface area contributed by atoms with E-state index < -0.39 is 29.8 Å². The topological polar surface area (TPSA) is 130 Å². The summed E-state index contributed by atoms with van der Waals surface area (Å²) in [5, 5.41) is 8.34. The summed E-state index contributed by atoms with van der Waals surface area (Å²) < 4.78 is 6.13. The zero-order valence-corrected chi connectivity index (χ0v) is 24.0. The minimum atomic E-state index is -1.17. The number of para-hydroxylation sites is 1. The van der Waals surface area contributed by atoms with E-state index in [1.165, 1.54) is 0 Å². The van der Waals surface area contributed by atoms with Gasteiger partial charge in [-0.1, -0.05) is 39.8 Å². The highest BCUT2D eigenvalue weighted by molar-refractivity contribution is 6.01. The summed E-state index contributed by atoms with van der Waals surface area (Å²) in [6.07, 6.45) is 4.00. The normalized spacial score (nSPS) is 20.7. The van der Waals surface area contributed by atoms with Crippen LogP contribution in [0.25, 0.3) is 0 Å². The van der Waals surface area contributed by atoms with Crippen LogP contribution in [0.15, 0.2) is 48.8 Å². The van der Waals surface area contributed by atoms with Gasteiger partial charge in [-0.2, -0.15) is 0 Å². The average molecular weight is 552 g/mol. The molecule has 4 amide bonds. The van der Waals surface area contributed by atoms with E-state index in [0.29, 0.717) is 18.6 Å². The third-order valence-corrected chi connectivity index (χ3v) is 6.77. The molecule has 2 heterocycles. The minimum absolute atomic E-state index is 0.132. The Morgan fingerprint density at radius 2 is 1.70 bits per heavy atom. The highest BCUT2D eigenvalue weighted by Gasteiger charge is 2.32. The summed E-state index contributed by atoms with van der Waals surface area (Å²) in [6.45, 7) is 8.46. The number of fused-ring (bicyclic) bond motifs is 1. The van der Waals surface area contributed by atoms with E-state index in [4.69, 9.17) is 4.74 Å². The molecule has 0 radical (unpaired) electrons. The number of carbonyl (C=O) groups excluding carboxylic acids is 4. The number of carbonyl (C=O) groups is 4. The summed E-state index contributed by atoms with van der Waals surface area (Å²) in [7, 11) is 1.72. The molecule has 3 atom stereocenters.